The number of sulfonamides is 1. The van der Waals surface area contributed by atoms with Gasteiger partial charge in [-0.2, -0.15) is 0 Å². The molecule has 1 atom stereocenters. The molecule has 1 N–H and O–H groups in total. The van der Waals surface area contributed by atoms with Gasteiger partial charge in [-0.1, -0.05) is 103 Å². The van der Waals surface area contributed by atoms with E-state index < -0.39 is 28.5 Å². The van der Waals surface area contributed by atoms with Crippen LogP contribution in [0.15, 0.2) is 95.9 Å². The van der Waals surface area contributed by atoms with Crippen molar-refractivity contribution in [3.05, 3.63) is 123 Å². The fourth-order valence-electron chi connectivity index (χ4n) is 4.99. The molecule has 0 saturated carbocycles. The van der Waals surface area contributed by atoms with Crippen molar-refractivity contribution in [1.82, 2.24) is 10.2 Å². The molecule has 0 aliphatic heterocycles. The van der Waals surface area contributed by atoms with Crippen LogP contribution in [0, 0.1) is 12.8 Å². The molecule has 4 aromatic rings. The number of nitrogens with zero attached hydrogens (tertiary/aromatic N) is 2. The van der Waals surface area contributed by atoms with Crippen molar-refractivity contribution in [3.8, 4) is 5.75 Å². The third-order valence-corrected chi connectivity index (χ3v) is 10.3. The SMILES string of the molecule is COc1ccc(N(CC(=O)N(Cc2ccc(Cl)cc2Cl)C(Cc2ccccc2)C(=O)NCC(C)C)S(=O)(=O)c2ccc(C)cc2)cc1Cl. The van der Waals surface area contributed by atoms with Crippen molar-refractivity contribution in [2.45, 2.75) is 44.7 Å². The first-order valence-corrected chi connectivity index (χ1v) is 17.9. The number of amides is 2. The molecule has 0 fully saturated rings. The molecule has 4 aromatic carbocycles. The Morgan fingerprint density at radius 1 is 0.875 bits per heavy atom. The lowest BCUT2D eigenvalue weighted by atomic mass is 10.0. The Morgan fingerprint density at radius 2 is 1.56 bits per heavy atom. The van der Waals surface area contributed by atoms with E-state index in [1.807, 2.05) is 51.1 Å². The van der Waals surface area contributed by atoms with E-state index in [0.717, 1.165) is 15.4 Å². The van der Waals surface area contributed by atoms with Gasteiger partial charge in [0.05, 0.1) is 22.7 Å². The van der Waals surface area contributed by atoms with E-state index in [1.165, 1.54) is 42.3 Å². The second kappa shape index (κ2) is 16.6. The summed E-state index contributed by atoms with van der Waals surface area (Å²) >= 11 is 19.2. The molecule has 1 unspecified atom stereocenters. The van der Waals surface area contributed by atoms with Gasteiger partial charge >= 0.3 is 0 Å². The van der Waals surface area contributed by atoms with Crippen LogP contribution >= 0.6 is 34.8 Å². The normalized spacial score (nSPS) is 12.0. The number of methoxy groups -OCH3 is 1. The van der Waals surface area contributed by atoms with Crippen LogP contribution in [0.2, 0.25) is 15.1 Å². The number of halogens is 3. The van der Waals surface area contributed by atoms with Crippen LogP contribution in [-0.4, -0.2) is 51.4 Å². The Hall–Kier alpha value is -3.76. The van der Waals surface area contributed by atoms with Crippen LogP contribution in [0.4, 0.5) is 5.69 Å². The molecule has 0 aliphatic carbocycles. The fourth-order valence-corrected chi connectivity index (χ4v) is 7.11. The van der Waals surface area contributed by atoms with E-state index in [9.17, 15) is 18.0 Å². The van der Waals surface area contributed by atoms with Gasteiger partial charge in [0.2, 0.25) is 11.8 Å². The van der Waals surface area contributed by atoms with Gasteiger partial charge in [-0.3, -0.25) is 13.9 Å². The summed E-state index contributed by atoms with van der Waals surface area (Å²) in [5, 5.41) is 3.83. The Bertz CT molecular complexity index is 1840. The zero-order valence-electron chi connectivity index (χ0n) is 27.1. The summed E-state index contributed by atoms with van der Waals surface area (Å²) < 4.78 is 34.8. The number of rotatable bonds is 14. The number of carbonyl (C=O) groups excluding carboxylic acids is 2. The molecule has 0 aliphatic rings. The van der Waals surface area contributed by atoms with Gasteiger partial charge in [0.1, 0.15) is 18.3 Å². The van der Waals surface area contributed by atoms with E-state index in [-0.39, 0.29) is 40.4 Å². The first-order chi connectivity index (χ1) is 22.8. The van der Waals surface area contributed by atoms with Gasteiger partial charge in [-0.05, 0) is 66.4 Å². The lowest BCUT2D eigenvalue weighted by Crippen LogP contribution is -2.53. The van der Waals surface area contributed by atoms with Crippen molar-refractivity contribution in [2.24, 2.45) is 5.92 Å². The lowest BCUT2D eigenvalue weighted by molar-refractivity contribution is -0.140. The van der Waals surface area contributed by atoms with Crippen molar-refractivity contribution in [2.75, 3.05) is 24.5 Å². The molecule has 4 rings (SSSR count). The Morgan fingerprint density at radius 3 is 2.17 bits per heavy atom. The zero-order chi connectivity index (χ0) is 35.0. The molecule has 48 heavy (non-hydrogen) atoms. The standard InChI is InChI=1S/C36H38Cl3N3O5S/c1-24(2)21-40-36(44)33(18-26-8-6-5-7-9-26)41(22-27-12-13-28(37)19-31(27)38)35(43)23-42(29-14-17-34(47-4)32(39)20-29)48(45,46)30-15-10-25(3)11-16-30/h5-17,19-20,24,33H,18,21-23H2,1-4H3,(H,40,44). The number of ether oxygens (including phenoxy) is 1. The molecule has 0 saturated heterocycles. The van der Waals surface area contributed by atoms with Gasteiger partial charge in [0.15, 0.2) is 0 Å². The van der Waals surface area contributed by atoms with Crippen LogP contribution in [0.3, 0.4) is 0 Å². The molecular formula is C36H38Cl3N3O5S. The second-order valence-electron chi connectivity index (χ2n) is 11.7. The number of carbonyl (C=O) groups is 2. The summed E-state index contributed by atoms with van der Waals surface area (Å²) in [5.74, 6) is -0.532. The average molecular weight is 731 g/mol. The van der Waals surface area contributed by atoms with Crippen molar-refractivity contribution in [3.63, 3.8) is 0 Å². The number of benzene rings is 4. The van der Waals surface area contributed by atoms with Crippen molar-refractivity contribution < 1.29 is 22.7 Å². The summed E-state index contributed by atoms with van der Waals surface area (Å²) in [6, 6.07) is 24.0. The maximum absolute atomic E-state index is 14.6. The summed E-state index contributed by atoms with van der Waals surface area (Å²) in [4.78, 5) is 29.9. The molecule has 2 amide bonds. The van der Waals surface area contributed by atoms with Crippen LogP contribution < -0.4 is 14.4 Å². The Kier molecular flexibility index (Phi) is 12.8. The Labute approximate surface area is 297 Å². The Balaban J connectivity index is 1.84. The number of hydrogen-bond acceptors (Lipinski definition) is 5. The average Bonchev–Trinajstić information content (AvgIpc) is 3.05. The summed E-state index contributed by atoms with van der Waals surface area (Å²) in [6.45, 7) is 5.42. The molecule has 0 aromatic heterocycles. The quantitative estimate of drug-likeness (QED) is 0.144. The maximum Gasteiger partial charge on any atom is 0.264 e. The monoisotopic (exact) mass is 729 g/mol. The molecule has 0 radical (unpaired) electrons. The maximum atomic E-state index is 14.6. The second-order valence-corrected chi connectivity index (χ2v) is 14.9. The molecule has 0 bridgehead atoms. The molecule has 254 valence electrons. The largest absolute Gasteiger partial charge is 0.495 e. The van der Waals surface area contributed by atoms with E-state index >= 15 is 0 Å². The number of nitrogens with one attached hydrogen (secondary N) is 1. The third-order valence-electron chi connectivity index (χ3n) is 7.62. The van der Waals surface area contributed by atoms with Gasteiger partial charge < -0.3 is 15.0 Å². The highest BCUT2D eigenvalue weighted by Gasteiger charge is 2.35. The van der Waals surface area contributed by atoms with Crippen LogP contribution in [-0.2, 0) is 32.6 Å². The minimum Gasteiger partial charge on any atom is -0.495 e. The predicted octanol–water partition coefficient (Wildman–Crippen LogP) is 7.57. The minimum atomic E-state index is -4.31. The summed E-state index contributed by atoms with van der Waals surface area (Å²) in [6.07, 6.45) is 0.167. The molecule has 8 nitrogen and oxygen atoms in total. The van der Waals surface area contributed by atoms with Crippen molar-refractivity contribution >= 4 is 62.3 Å². The minimum absolute atomic E-state index is 0.0179. The molecular weight excluding hydrogens is 693 g/mol. The van der Waals surface area contributed by atoms with Gasteiger partial charge in [0, 0.05) is 29.6 Å². The van der Waals surface area contributed by atoms with E-state index in [0.29, 0.717) is 27.9 Å². The first-order valence-electron chi connectivity index (χ1n) is 15.3. The topological polar surface area (TPSA) is 96.0 Å². The number of hydrogen-bond donors (Lipinski definition) is 1. The summed E-state index contributed by atoms with van der Waals surface area (Å²) in [7, 11) is -2.86. The smallest absolute Gasteiger partial charge is 0.264 e. The van der Waals surface area contributed by atoms with E-state index in [4.69, 9.17) is 39.5 Å². The highest BCUT2D eigenvalue weighted by molar-refractivity contribution is 7.92. The summed E-state index contributed by atoms with van der Waals surface area (Å²) in [5.41, 5.74) is 2.35. The number of anilines is 1. The van der Waals surface area contributed by atoms with E-state index in [1.54, 1.807) is 30.3 Å². The molecule has 0 heterocycles. The lowest BCUT2D eigenvalue weighted by Gasteiger charge is -2.34. The van der Waals surface area contributed by atoms with Crippen molar-refractivity contribution in [1.29, 1.82) is 0 Å². The predicted molar refractivity (Wildman–Crippen MR) is 193 cm³/mol. The molecule has 12 heteroatoms. The van der Waals surface area contributed by atoms with Gasteiger partial charge in [-0.15, -0.1) is 0 Å². The molecule has 0 spiro atoms. The zero-order valence-corrected chi connectivity index (χ0v) is 30.2. The number of aryl methyl sites for hydroxylation is 1. The van der Waals surface area contributed by atoms with Gasteiger partial charge in [0.25, 0.3) is 10.0 Å². The van der Waals surface area contributed by atoms with E-state index in [2.05, 4.69) is 5.32 Å². The first kappa shape index (κ1) is 37.1. The van der Waals surface area contributed by atoms with Crippen LogP contribution in [0.5, 0.6) is 5.75 Å². The highest BCUT2D eigenvalue weighted by Crippen LogP contribution is 2.33. The third kappa shape index (κ3) is 9.44. The van der Waals surface area contributed by atoms with Crippen LogP contribution in [0.25, 0.3) is 0 Å². The van der Waals surface area contributed by atoms with Gasteiger partial charge in [-0.25, -0.2) is 8.42 Å². The fraction of sp³-hybridized carbons (Fsp3) is 0.278. The highest BCUT2D eigenvalue weighted by atomic mass is 35.5. The van der Waals surface area contributed by atoms with Crippen LogP contribution in [0.1, 0.15) is 30.5 Å².